The number of para-hydroxylation sites is 1. The van der Waals surface area contributed by atoms with Crippen LogP contribution in [-0.2, 0) is 22.6 Å². The number of nitrogens with zero attached hydrogens (tertiary/aromatic N) is 2. The van der Waals surface area contributed by atoms with Crippen LogP contribution >= 0.6 is 0 Å². The van der Waals surface area contributed by atoms with Gasteiger partial charge in [-0.3, -0.25) is 24.0 Å². The lowest BCUT2D eigenvalue weighted by molar-refractivity contribution is -0.185. The van der Waals surface area contributed by atoms with Crippen LogP contribution in [0.3, 0.4) is 0 Å². The first-order chi connectivity index (χ1) is 15.5. The molecular weight excluding hydrogens is 445 g/mol. The Morgan fingerprint density at radius 3 is 2.55 bits per heavy atom. The molecule has 0 aliphatic carbocycles. The molecule has 0 aliphatic rings. The van der Waals surface area contributed by atoms with Gasteiger partial charge in [-0.1, -0.05) is 31.5 Å². The van der Waals surface area contributed by atoms with Crippen molar-refractivity contribution in [1.29, 1.82) is 0 Å². The minimum Gasteiger partial charge on any atom is -0.496 e. The number of amides is 1. The second kappa shape index (κ2) is 11.0. The van der Waals surface area contributed by atoms with Gasteiger partial charge in [0.05, 0.1) is 13.7 Å². The van der Waals surface area contributed by atoms with Gasteiger partial charge in [-0.25, -0.2) is 4.79 Å². The van der Waals surface area contributed by atoms with Crippen molar-refractivity contribution >= 4 is 17.4 Å². The van der Waals surface area contributed by atoms with E-state index in [2.05, 4.69) is 4.98 Å². The van der Waals surface area contributed by atoms with Crippen molar-refractivity contribution in [3.8, 4) is 5.75 Å². The third-order valence-electron chi connectivity index (χ3n) is 4.85. The number of H-pyrrole nitrogens is 1. The molecule has 1 unspecified atom stereocenters. The molecule has 1 aromatic carbocycles. The van der Waals surface area contributed by atoms with Crippen molar-refractivity contribution in [3.05, 3.63) is 50.7 Å². The summed E-state index contributed by atoms with van der Waals surface area (Å²) in [5.41, 5.74) is 4.53. The maximum absolute atomic E-state index is 13.2. The van der Waals surface area contributed by atoms with Crippen LogP contribution in [0.15, 0.2) is 33.9 Å². The monoisotopic (exact) mass is 472 g/mol. The molecule has 9 nitrogen and oxygen atoms in total. The SMILES string of the molecule is CCCCn1c(N)c(N(Cc2ccccc2OC)C(=O)C(C)OCC(F)(F)F)c(=O)[nH]c1=O. The Labute approximate surface area is 187 Å². The number of nitrogen functional groups attached to an aromatic ring is 1. The van der Waals surface area contributed by atoms with Gasteiger partial charge < -0.3 is 15.2 Å². The van der Waals surface area contributed by atoms with Crippen LogP contribution in [0.1, 0.15) is 32.3 Å². The van der Waals surface area contributed by atoms with Crippen LogP contribution < -0.4 is 26.6 Å². The molecule has 0 saturated carbocycles. The molecule has 0 aliphatic heterocycles. The van der Waals surface area contributed by atoms with E-state index in [4.69, 9.17) is 15.2 Å². The number of methoxy groups -OCH3 is 1. The number of aromatic amines is 1. The first kappa shape index (κ1) is 26.0. The smallest absolute Gasteiger partial charge is 0.411 e. The fraction of sp³-hybridized carbons (Fsp3) is 0.476. The number of rotatable bonds is 10. The number of aromatic nitrogens is 2. The van der Waals surface area contributed by atoms with Gasteiger partial charge in [-0.05, 0) is 19.4 Å². The molecule has 0 fully saturated rings. The van der Waals surface area contributed by atoms with Crippen molar-refractivity contribution in [2.75, 3.05) is 24.4 Å². The van der Waals surface area contributed by atoms with Crippen LogP contribution in [-0.4, -0.2) is 41.5 Å². The van der Waals surface area contributed by atoms with E-state index in [1.165, 1.54) is 7.11 Å². The van der Waals surface area contributed by atoms with Crippen molar-refractivity contribution in [3.63, 3.8) is 0 Å². The molecule has 1 atom stereocenters. The molecule has 2 aromatic rings. The van der Waals surface area contributed by atoms with E-state index >= 15 is 0 Å². The summed E-state index contributed by atoms with van der Waals surface area (Å²) < 4.78 is 48.9. The molecule has 0 radical (unpaired) electrons. The number of anilines is 2. The summed E-state index contributed by atoms with van der Waals surface area (Å²) in [6.07, 6.45) is -4.91. The van der Waals surface area contributed by atoms with Crippen LogP contribution in [0.2, 0.25) is 0 Å². The lowest BCUT2D eigenvalue weighted by Gasteiger charge is -2.28. The number of alkyl halides is 3. The normalized spacial score (nSPS) is 12.4. The summed E-state index contributed by atoms with van der Waals surface area (Å²) in [7, 11) is 1.41. The lowest BCUT2D eigenvalue weighted by Crippen LogP contribution is -2.45. The zero-order chi connectivity index (χ0) is 24.8. The second-order valence-electron chi connectivity index (χ2n) is 7.30. The molecule has 3 N–H and O–H groups in total. The molecule has 0 saturated heterocycles. The zero-order valence-electron chi connectivity index (χ0n) is 18.6. The van der Waals surface area contributed by atoms with Crippen molar-refractivity contribution < 1.29 is 27.4 Å². The summed E-state index contributed by atoms with van der Waals surface area (Å²) >= 11 is 0. The van der Waals surface area contributed by atoms with E-state index in [-0.39, 0.29) is 24.6 Å². The molecule has 2 rings (SSSR count). The first-order valence-electron chi connectivity index (χ1n) is 10.2. The van der Waals surface area contributed by atoms with Crippen LogP contribution in [0, 0.1) is 0 Å². The maximum atomic E-state index is 13.2. The molecule has 33 heavy (non-hydrogen) atoms. The molecule has 1 amide bonds. The molecule has 12 heteroatoms. The van der Waals surface area contributed by atoms with Gasteiger partial charge in [-0.15, -0.1) is 0 Å². The second-order valence-corrected chi connectivity index (χ2v) is 7.30. The van der Waals surface area contributed by atoms with E-state index in [1.54, 1.807) is 24.3 Å². The molecule has 0 spiro atoms. The highest BCUT2D eigenvalue weighted by Gasteiger charge is 2.33. The maximum Gasteiger partial charge on any atom is 0.411 e. The fourth-order valence-electron chi connectivity index (χ4n) is 3.16. The van der Waals surface area contributed by atoms with Crippen molar-refractivity contribution in [2.45, 2.75) is 52.1 Å². The van der Waals surface area contributed by atoms with E-state index in [1.807, 2.05) is 6.92 Å². The largest absolute Gasteiger partial charge is 0.496 e. The number of nitrogens with two attached hydrogens (primary N) is 1. The van der Waals surface area contributed by atoms with Gasteiger partial charge in [0.1, 0.15) is 24.3 Å². The van der Waals surface area contributed by atoms with Crippen molar-refractivity contribution in [2.24, 2.45) is 0 Å². The number of carbonyl (C=O) groups is 1. The number of ether oxygens (including phenoxy) is 2. The number of hydrogen-bond acceptors (Lipinski definition) is 6. The number of halogens is 3. The minimum atomic E-state index is -4.65. The number of hydrogen-bond donors (Lipinski definition) is 2. The van der Waals surface area contributed by atoms with Gasteiger partial charge >= 0.3 is 11.9 Å². The highest BCUT2D eigenvalue weighted by molar-refractivity contribution is 5.98. The Morgan fingerprint density at radius 1 is 1.27 bits per heavy atom. The van der Waals surface area contributed by atoms with Gasteiger partial charge in [0, 0.05) is 12.1 Å². The topological polar surface area (TPSA) is 120 Å². The number of benzene rings is 1. The average Bonchev–Trinajstić information content (AvgIpc) is 2.75. The summed E-state index contributed by atoms with van der Waals surface area (Å²) in [4.78, 5) is 41.2. The van der Waals surface area contributed by atoms with Gasteiger partial charge in [-0.2, -0.15) is 13.2 Å². The molecule has 1 aromatic heterocycles. The lowest BCUT2D eigenvalue weighted by atomic mass is 10.1. The van der Waals surface area contributed by atoms with Gasteiger partial charge in [0.2, 0.25) is 0 Å². The first-order valence-corrected chi connectivity index (χ1v) is 10.2. The molecule has 182 valence electrons. The van der Waals surface area contributed by atoms with E-state index in [0.29, 0.717) is 17.7 Å². The Hall–Kier alpha value is -3.28. The number of unbranched alkanes of at least 4 members (excludes halogenated alkanes) is 1. The van der Waals surface area contributed by atoms with Crippen LogP contribution in [0.4, 0.5) is 24.7 Å². The van der Waals surface area contributed by atoms with E-state index < -0.39 is 36.0 Å². The highest BCUT2D eigenvalue weighted by Crippen LogP contribution is 2.26. The Balaban J connectivity index is 2.58. The predicted molar refractivity (Wildman–Crippen MR) is 116 cm³/mol. The Bertz CT molecular complexity index is 1080. The van der Waals surface area contributed by atoms with Gasteiger partial charge in [0.15, 0.2) is 5.69 Å². The predicted octanol–water partition coefficient (Wildman–Crippen LogP) is 2.43. The van der Waals surface area contributed by atoms with E-state index in [0.717, 1.165) is 22.8 Å². The third-order valence-corrected chi connectivity index (χ3v) is 4.85. The fourth-order valence-corrected chi connectivity index (χ4v) is 3.16. The Morgan fingerprint density at radius 2 is 1.94 bits per heavy atom. The Kier molecular flexibility index (Phi) is 8.69. The zero-order valence-corrected chi connectivity index (χ0v) is 18.6. The molecular formula is C21H27F3N4O5. The van der Waals surface area contributed by atoms with Gasteiger partial charge in [0.25, 0.3) is 11.5 Å². The van der Waals surface area contributed by atoms with Crippen molar-refractivity contribution in [1.82, 2.24) is 9.55 Å². The summed E-state index contributed by atoms with van der Waals surface area (Å²) in [5, 5.41) is 0. The third kappa shape index (κ3) is 6.60. The summed E-state index contributed by atoms with van der Waals surface area (Å²) in [6, 6.07) is 6.60. The van der Waals surface area contributed by atoms with Crippen LogP contribution in [0.25, 0.3) is 0 Å². The summed E-state index contributed by atoms with van der Waals surface area (Å²) in [6.45, 7) is 1.31. The summed E-state index contributed by atoms with van der Waals surface area (Å²) in [5.74, 6) is -0.833. The molecule has 0 bridgehead atoms. The molecule has 1 heterocycles. The highest BCUT2D eigenvalue weighted by atomic mass is 19.4. The quantitative estimate of drug-likeness (QED) is 0.548. The average molecular weight is 472 g/mol. The van der Waals surface area contributed by atoms with Crippen LogP contribution in [0.5, 0.6) is 5.75 Å². The number of nitrogens with one attached hydrogen (secondary N) is 1. The number of carbonyl (C=O) groups excluding carboxylic acids is 1. The minimum absolute atomic E-state index is 0.182. The standard InChI is InChI=1S/C21H27F3N4O5/c1-4-5-10-27-17(25)16(18(29)26-20(27)31)28(11-14-8-6-7-9-15(14)32-3)19(30)13(2)33-12-21(22,23)24/h6-9,13H,4-5,10-12,25H2,1-3H3,(H,26,29,31). The van der Waals surface area contributed by atoms with E-state index in [9.17, 15) is 27.6 Å².